The predicted molar refractivity (Wildman–Crippen MR) is 83.1 cm³/mol. The van der Waals surface area contributed by atoms with E-state index in [1.165, 1.54) is 0 Å². The van der Waals surface area contributed by atoms with Gasteiger partial charge < -0.3 is 10.1 Å². The maximum absolute atomic E-state index is 12.1. The Morgan fingerprint density at radius 1 is 1.27 bits per heavy atom. The standard InChI is InChI=1S/C15H22N2O4S/c1-11-5-6-13(10-12(11)2)22(19,20)17-8-7-16-15(18)14-4-3-9-21-14/h5-6,10,14,17H,3-4,7-9H2,1-2H3,(H,16,18). The maximum Gasteiger partial charge on any atom is 0.249 e. The van der Waals surface area contributed by atoms with Gasteiger partial charge in [-0.15, -0.1) is 0 Å². The van der Waals surface area contributed by atoms with Crippen molar-refractivity contribution in [3.63, 3.8) is 0 Å². The molecule has 0 saturated carbocycles. The van der Waals surface area contributed by atoms with Crippen LogP contribution in [0.25, 0.3) is 0 Å². The van der Waals surface area contributed by atoms with E-state index in [2.05, 4.69) is 10.0 Å². The van der Waals surface area contributed by atoms with Gasteiger partial charge in [-0.2, -0.15) is 0 Å². The molecule has 1 aromatic rings. The van der Waals surface area contributed by atoms with Crippen molar-refractivity contribution in [2.45, 2.75) is 37.7 Å². The average Bonchev–Trinajstić information content (AvgIpc) is 3.00. The van der Waals surface area contributed by atoms with Crippen LogP contribution in [0.3, 0.4) is 0 Å². The van der Waals surface area contributed by atoms with Crippen molar-refractivity contribution in [2.24, 2.45) is 0 Å². The maximum atomic E-state index is 12.1. The predicted octanol–water partition coefficient (Wildman–Crippen LogP) is 0.877. The third kappa shape index (κ3) is 4.28. The van der Waals surface area contributed by atoms with E-state index < -0.39 is 16.1 Å². The van der Waals surface area contributed by atoms with Gasteiger partial charge in [-0.25, -0.2) is 13.1 Å². The first kappa shape index (κ1) is 16.9. The number of amides is 1. The van der Waals surface area contributed by atoms with Gasteiger partial charge >= 0.3 is 0 Å². The third-order valence-electron chi connectivity index (χ3n) is 3.73. The zero-order chi connectivity index (χ0) is 16.2. The Bertz CT molecular complexity index is 637. The van der Waals surface area contributed by atoms with E-state index in [4.69, 9.17) is 4.74 Å². The van der Waals surface area contributed by atoms with Crippen molar-refractivity contribution in [1.29, 1.82) is 0 Å². The number of sulfonamides is 1. The normalized spacial score (nSPS) is 18.4. The van der Waals surface area contributed by atoms with Gasteiger partial charge in [-0.05, 0) is 49.9 Å². The molecule has 1 fully saturated rings. The Morgan fingerprint density at radius 3 is 2.68 bits per heavy atom. The molecule has 0 spiro atoms. The summed E-state index contributed by atoms with van der Waals surface area (Å²) in [6.07, 6.45) is 1.22. The summed E-state index contributed by atoms with van der Waals surface area (Å²) in [5, 5.41) is 2.68. The molecular formula is C15H22N2O4S. The van der Waals surface area contributed by atoms with Gasteiger partial charge in [0.05, 0.1) is 4.90 Å². The van der Waals surface area contributed by atoms with Crippen LogP contribution in [0.1, 0.15) is 24.0 Å². The number of carbonyl (C=O) groups excluding carboxylic acids is 1. The van der Waals surface area contributed by atoms with E-state index in [1.807, 2.05) is 13.8 Å². The van der Waals surface area contributed by atoms with Gasteiger partial charge in [-0.1, -0.05) is 6.07 Å². The Hall–Kier alpha value is -1.44. The molecule has 122 valence electrons. The first-order chi connectivity index (χ1) is 10.4. The smallest absolute Gasteiger partial charge is 0.249 e. The van der Waals surface area contributed by atoms with Crippen LogP contribution >= 0.6 is 0 Å². The summed E-state index contributed by atoms with van der Waals surface area (Å²) in [7, 11) is -3.55. The molecule has 1 saturated heterocycles. The summed E-state index contributed by atoms with van der Waals surface area (Å²) >= 11 is 0. The second kappa shape index (κ2) is 7.21. The second-order valence-electron chi connectivity index (χ2n) is 5.44. The minimum atomic E-state index is -3.55. The minimum Gasteiger partial charge on any atom is -0.368 e. The Morgan fingerprint density at radius 2 is 2.05 bits per heavy atom. The number of hydrogen-bond acceptors (Lipinski definition) is 4. The SMILES string of the molecule is Cc1ccc(S(=O)(=O)NCCNC(=O)C2CCCO2)cc1C. The van der Waals surface area contributed by atoms with Crippen molar-refractivity contribution < 1.29 is 17.9 Å². The van der Waals surface area contributed by atoms with Crippen LogP contribution in [0.4, 0.5) is 0 Å². The molecular weight excluding hydrogens is 304 g/mol. The number of aryl methyl sites for hydroxylation is 2. The molecule has 2 N–H and O–H groups in total. The van der Waals surface area contributed by atoms with Crippen LogP contribution in [-0.2, 0) is 19.6 Å². The van der Waals surface area contributed by atoms with Crippen LogP contribution in [0.2, 0.25) is 0 Å². The second-order valence-corrected chi connectivity index (χ2v) is 7.20. The van der Waals surface area contributed by atoms with E-state index in [0.29, 0.717) is 6.61 Å². The summed E-state index contributed by atoms with van der Waals surface area (Å²) < 4.78 is 32.0. The van der Waals surface area contributed by atoms with E-state index in [9.17, 15) is 13.2 Å². The van der Waals surface area contributed by atoms with Crippen LogP contribution in [0.15, 0.2) is 23.1 Å². The highest BCUT2D eigenvalue weighted by Crippen LogP contribution is 2.14. The number of benzene rings is 1. The van der Waals surface area contributed by atoms with Crippen molar-refractivity contribution >= 4 is 15.9 Å². The number of nitrogens with one attached hydrogen (secondary N) is 2. The monoisotopic (exact) mass is 326 g/mol. The molecule has 1 aromatic carbocycles. The van der Waals surface area contributed by atoms with Crippen LogP contribution in [0, 0.1) is 13.8 Å². The van der Waals surface area contributed by atoms with Crippen LogP contribution in [0.5, 0.6) is 0 Å². The molecule has 6 nitrogen and oxygen atoms in total. The molecule has 0 radical (unpaired) electrons. The summed E-state index contributed by atoms with van der Waals surface area (Å²) in [6, 6.07) is 5.00. The largest absolute Gasteiger partial charge is 0.368 e. The zero-order valence-electron chi connectivity index (χ0n) is 12.9. The fourth-order valence-electron chi connectivity index (χ4n) is 2.23. The molecule has 2 rings (SSSR count). The molecule has 1 aliphatic heterocycles. The fourth-order valence-corrected chi connectivity index (χ4v) is 3.35. The summed E-state index contributed by atoms with van der Waals surface area (Å²) in [5.74, 6) is -0.178. The molecule has 1 aliphatic rings. The van der Waals surface area contributed by atoms with Crippen molar-refractivity contribution in [2.75, 3.05) is 19.7 Å². The number of rotatable bonds is 6. The highest BCUT2D eigenvalue weighted by molar-refractivity contribution is 7.89. The van der Waals surface area contributed by atoms with Crippen molar-refractivity contribution in [3.8, 4) is 0 Å². The molecule has 1 amide bonds. The summed E-state index contributed by atoms with van der Waals surface area (Å²) in [5.41, 5.74) is 1.97. The number of carbonyl (C=O) groups is 1. The first-order valence-corrected chi connectivity index (χ1v) is 8.85. The zero-order valence-corrected chi connectivity index (χ0v) is 13.7. The lowest BCUT2D eigenvalue weighted by Crippen LogP contribution is -2.39. The lowest BCUT2D eigenvalue weighted by atomic mass is 10.1. The topological polar surface area (TPSA) is 84.5 Å². The van der Waals surface area contributed by atoms with Crippen molar-refractivity contribution in [3.05, 3.63) is 29.3 Å². The Labute approximate surface area is 131 Å². The fraction of sp³-hybridized carbons (Fsp3) is 0.533. The molecule has 1 unspecified atom stereocenters. The summed E-state index contributed by atoms with van der Waals surface area (Å²) in [6.45, 7) is 4.80. The lowest BCUT2D eigenvalue weighted by Gasteiger charge is -2.11. The Kier molecular flexibility index (Phi) is 5.55. The molecule has 22 heavy (non-hydrogen) atoms. The molecule has 0 bridgehead atoms. The molecule has 1 atom stereocenters. The number of ether oxygens (including phenoxy) is 1. The van der Waals surface area contributed by atoms with Gasteiger partial charge in [-0.3, -0.25) is 4.79 Å². The quantitative estimate of drug-likeness (QED) is 0.760. The molecule has 0 aliphatic carbocycles. The van der Waals surface area contributed by atoms with Gasteiger partial charge in [0.1, 0.15) is 6.10 Å². The summed E-state index contributed by atoms with van der Waals surface area (Å²) in [4.78, 5) is 11.9. The van der Waals surface area contributed by atoms with E-state index in [-0.39, 0.29) is 23.9 Å². The molecule has 1 heterocycles. The van der Waals surface area contributed by atoms with Gasteiger partial charge in [0.2, 0.25) is 15.9 Å². The molecule has 7 heteroatoms. The van der Waals surface area contributed by atoms with E-state index in [0.717, 1.165) is 24.0 Å². The average molecular weight is 326 g/mol. The lowest BCUT2D eigenvalue weighted by molar-refractivity contribution is -0.129. The number of hydrogen-bond donors (Lipinski definition) is 2. The highest BCUT2D eigenvalue weighted by Gasteiger charge is 2.23. The highest BCUT2D eigenvalue weighted by atomic mass is 32.2. The Balaban J connectivity index is 1.82. The first-order valence-electron chi connectivity index (χ1n) is 7.36. The van der Waals surface area contributed by atoms with Crippen LogP contribution in [-0.4, -0.2) is 40.1 Å². The van der Waals surface area contributed by atoms with Gasteiger partial charge in [0.25, 0.3) is 0 Å². The van der Waals surface area contributed by atoms with Crippen molar-refractivity contribution in [1.82, 2.24) is 10.0 Å². The van der Waals surface area contributed by atoms with Crippen LogP contribution < -0.4 is 10.0 Å². The van der Waals surface area contributed by atoms with Gasteiger partial charge in [0.15, 0.2) is 0 Å². The van der Waals surface area contributed by atoms with E-state index >= 15 is 0 Å². The van der Waals surface area contributed by atoms with Gasteiger partial charge in [0, 0.05) is 19.7 Å². The molecule has 0 aromatic heterocycles. The minimum absolute atomic E-state index is 0.147. The third-order valence-corrected chi connectivity index (χ3v) is 5.19. The van der Waals surface area contributed by atoms with E-state index in [1.54, 1.807) is 18.2 Å².